The highest BCUT2D eigenvalue weighted by molar-refractivity contribution is 5.95. The summed E-state index contributed by atoms with van der Waals surface area (Å²) in [6.45, 7) is 3.41. The van der Waals surface area contributed by atoms with E-state index in [4.69, 9.17) is 19.2 Å². The number of rotatable bonds is 6. The molecule has 0 spiro atoms. The number of aromatic nitrogens is 2. The SMILES string of the molecule is COCC(=O)N1CC[C@H](OC2=NC(N3CCOCC3)N(C)C(n3c(C(F)F)nc4ccccc43)=C2)C1. The summed E-state index contributed by atoms with van der Waals surface area (Å²) in [5, 5.41) is 0. The Morgan fingerprint density at radius 1 is 1.22 bits per heavy atom. The van der Waals surface area contributed by atoms with Gasteiger partial charge >= 0.3 is 0 Å². The van der Waals surface area contributed by atoms with Crippen LogP contribution in [0.3, 0.4) is 0 Å². The summed E-state index contributed by atoms with van der Waals surface area (Å²) in [5.74, 6) is 0.394. The predicted molar refractivity (Wildman–Crippen MR) is 128 cm³/mol. The van der Waals surface area contributed by atoms with Gasteiger partial charge in [0.05, 0.1) is 30.8 Å². The first kappa shape index (κ1) is 24.6. The molecule has 3 aliphatic heterocycles. The molecule has 1 unspecified atom stereocenters. The Balaban J connectivity index is 1.49. The fraction of sp³-hybridized carbons (Fsp3) is 0.542. The van der Waals surface area contributed by atoms with Crippen molar-refractivity contribution < 1.29 is 27.8 Å². The molecular formula is C24H30F2N6O4. The number of amides is 1. The Bertz CT molecular complexity index is 1160. The first-order valence-corrected chi connectivity index (χ1v) is 12.0. The van der Waals surface area contributed by atoms with E-state index in [-0.39, 0.29) is 24.4 Å². The van der Waals surface area contributed by atoms with E-state index < -0.39 is 12.7 Å². The van der Waals surface area contributed by atoms with Gasteiger partial charge in [0.1, 0.15) is 18.5 Å². The molecule has 0 N–H and O–H groups in total. The zero-order chi connectivity index (χ0) is 25.2. The van der Waals surface area contributed by atoms with E-state index in [0.717, 1.165) is 0 Å². The predicted octanol–water partition coefficient (Wildman–Crippen LogP) is 2.00. The lowest BCUT2D eigenvalue weighted by molar-refractivity contribution is -0.134. The van der Waals surface area contributed by atoms with Crippen molar-refractivity contribution in [1.29, 1.82) is 0 Å². The molecule has 2 atom stereocenters. The van der Waals surface area contributed by atoms with Gasteiger partial charge in [0.2, 0.25) is 11.8 Å². The molecule has 0 bridgehead atoms. The summed E-state index contributed by atoms with van der Waals surface area (Å²) in [6, 6.07) is 7.07. The lowest BCUT2D eigenvalue weighted by Crippen LogP contribution is -2.52. The summed E-state index contributed by atoms with van der Waals surface area (Å²) in [5.41, 5.74) is 1.06. The number of aliphatic imine (C=N–C) groups is 1. The zero-order valence-corrected chi connectivity index (χ0v) is 20.3. The number of nitrogens with zero attached hydrogens (tertiary/aromatic N) is 6. The van der Waals surface area contributed by atoms with Gasteiger partial charge in [-0.1, -0.05) is 12.1 Å². The second-order valence-electron chi connectivity index (χ2n) is 8.97. The van der Waals surface area contributed by atoms with Crippen LogP contribution in [0, 0.1) is 0 Å². The molecule has 10 nitrogen and oxygen atoms in total. The monoisotopic (exact) mass is 504 g/mol. The Hall–Kier alpha value is -3.09. The molecule has 1 aromatic carbocycles. The molecule has 1 aromatic heterocycles. The van der Waals surface area contributed by atoms with Crippen LogP contribution in [0.1, 0.15) is 18.7 Å². The van der Waals surface area contributed by atoms with Crippen molar-refractivity contribution >= 4 is 28.7 Å². The highest BCUT2D eigenvalue weighted by Crippen LogP contribution is 2.32. The molecule has 2 saturated heterocycles. The Morgan fingerprint density at radius 3 is 2.75 bits per heavy atom. The number of carbonyl (C=O) groups excluding carboxylic acids is 1. The average Bonchev–Trinajstić information content (AvgIpc) is 3.51. The molecule has 2 aromatic rings. The third kappa shape index (κ3) is 4.80. The number of ether oxygens (including phenoxy) is 3. The number of para-hydroxylation sites is 2. The fourth-order valence-corrected chi connectivity index (χ4v) is 4.86. The first-order valence-electron chi connectivity index (χ1n) is 12.0. The maximum absolute atomic E-state index is 14.1. The van der Waals surface area contributed by atoms with E-state index in [9.17, 15) is 13.6 Å². The first-order chi connectivity index (χ1) is 17.5. The molecule has 3 aliphatic rings. The Kier molecular flexibility index (Phi) is 7.17. The highest BCUT2D eigenvalue weighted by Gasteiger charge is 2.35. The van der Waals surface area contributed by atoms with E-state index in [1.165, 1.54) is 11.7 Å². The van der Waals surface area contributed by atoms with Crippen molar-refractivity contribution in [3.63, 3.8) is 0 Å². The molecule has 0 aliphatic carbocycles. The molecule has 36 heavy (non-hydrogen) atoms. The van der Waals surface area contributed by atoms with Crippen LogP contribution >= 0.6 is 0 Å². The van der Waals surface area contributed by atoms with Crippen molar-refractivity contribution in [2.75, 3.05) is 60.2 Å². The van der Waals surface area contributed by atoms with Crippen LogP contribution in [0.2, 0.25) is 0 Å². The minimum atomic E-state index is -2.77. The molecule has 0 radical (unpaired) electrons. The number of benzene rings is 1. The molecule has 2 fully saturated rings. The van der Waals surface area contributed by atoms with Gasteiger partial charge in [0, 0.05) is 46.3 Å². The van der Waals surface area contributed by atoms with Gasteiger partial charge in [-0.15, -0.1) is 0 Å². The van der Waals surface area contributed by atoms with Crippen LogP contribution in [0.5, 0.6) is 0 Å². The number of carbonyl (C=O) groups is 1. The van der Waals surface area contributed by atoms with Crippen LogP contribution in [0.25, 0.3) is 16.9 Å². The van der Waals surface area contributed by atoms with Gasteiger partial charge < -0.3 is 24.0 Å². The molecule has 12 heteroatoms. The summed E-state index contributed by atoms with van der Waals surface area (Å²) in [4.78, 5) is 27.0. The third-order valence-corrected chi connectivity index (χ3v) is 6.64. The maximum Gasteiger partial charge on any atom is 0.296 e. The minimum absolute atomic E-state index is 0.0196. The highest BCUT2D eigenvalue weighted by atomic mass is 19.3. The van der Waals surface area contributed by atoms with E-state index in [1.54, 1.807) is 35.2 Å². The number of alkyl halides is 2. The van der Waals surface area contributed by atoms with Crippen molar-refractivity contribution in [3.8, 4) is 0 Å². The fourth-order valence-electron chi connectivity index (χ4n) is 4.86. The smallest absolute Gasteiger partial charge is 0.296 e. The number of methoxy groups -OCH3 is 1. The second kappa shape index (κ2) is 10.5. The summed E-state index contributed by atoms with van der Waals surface area (Å²) >= 11 is 0. The number of hydrogen-bond acceptors (Lipinski definition) is 8. The van der Waals surface area contributed by atoms with Crippen LogP contribution in [0.4, 0.5) is 8.78 Å². The summed E-state index contributed by atoms with van der Waals surface area (Å²) in [6.07, 6.45) is -1.18. The van der Waals surface area contributed by atoms with E-state index >= 15 is 0 Å². The van der Waals surface area contributed by atoms with Crippen molar-refractivity contribution in [3.05, 3.63) is 36.2 Å². The number of morpholine rings is 1. The number of halogens is 2. The molecule has 1 amide bonds. The standard InChI is InChI=1S/C24H30F2N6O4/c1-29-20(32-18-6-4-3-5-17(18)27-23(32)22(25)26)13-19(28-24(29)30-9-11-35-12-10-30)36-16-7-8-31(14-16)21(33)15-34-2/h3-6,13,16,22,24H,7-12,14-15H2,1-2H3/t16-,24?/m0/s1. The van der Waals surface area contributed by atoms with Gasteiger partial charge in [-0.05, 0) is 12.1 Å². The molecule has 4 heterocycles. The summed E-state index contributed by atoms with van der Waals surface area (Å²) in [7, 11) is 3.32. The van der Waals surface area contributed by atoms with Crippen LogP contribution < -0.4 is 0 Å². The maximum atomic E-state index is 14.1. The van der Waals surface area contributed by atoms with Crippen LogP contribution in [-0.2, 0) is 19.0 Å². The van der Waals surface area contributed by atoms with Crippen molar-refractivity contribution in [2.24, 2.45) is 4.99 Å². The third-order valence-electron chi connectivity index (χ3n) is 6.64. The van der Waals surface area contributed by atoms with E-state index in [1.807, 2.05) is 11.9 Å². The van der Waals surface area contributed by atoms with Gasteiger partial charge in [0.15, 0.2) is 12.1 Å². The molecular weight excluding hydrogens is 474 g/mol. The number of likely N-dealkylation sites (tertiary alicyclic amines) is 1. The van der Waals surface area contributed by atoms with Gasteiger partial charge in [-0.25, -0.2) is 18.8 Å². The minimum Gasteiger partial charge on any atom is -0.472 e. The van der Waals surface area contributed by atoms with Crippen LogP contribution in [0.15, 0.2) is 35.3 Å². The Morgan fingerprint density at radius 2 is 2.00 bits per heavy atom. The van der Waals surface area contributed by atoms with E-state index in [2.05, 4.69) is 9.88 Å². The largest absolute Gasteiger partial charge is 0.472 e. The molecule has 5 rings (SSSR count). The molecule has 194 valence electrons. The number of hydrogen-bond donors (Lipinski definition) is 0. The average molecular weight is 505 g/mol. The Labute approximate surface area is 207 Å². The topological polar surface area (TPSA) is 84.7 Å². The second-order valence-corrected chi connectivity index (χ2v) is 8.97. The van der Waals surface area contributed by atoms with Crippen molar-refractivity contribution in [1.82, 2.24) is 24.3 Å². The lowest BCUT2D eigenvalue weighted by atomic mass is 10.3. The molecule has 0 saturated carbocycles. The van der Waals surface area contributed by atoms with Crippen LogP contribution in [-0.4, -0.2) is 109 Å². The lowest BCUT2D eigenvalue weighted by Gasteiger charge is -2.41. The zero-order valence-electron chi connectivity index (χ0n) is 20.3. The van der Waals surface area contributed by atoms with E-state index in [0.29, 0.717) is 68.6 Å². The number of fused-ring (bicyclic) bond motifs is 1. The van der Waals surface area contributed by atoms with Gasteiger partial charge in [0.25, 0.3) is 6.43 Å². The van der Waals surface area contributed by atoms with Gasteiger partial charge in [-0.2, -0.15) is 0 Å². The normalized spacial score (nSPS) is 23.4. The summed E-state index contributed by atoms with van der Waals surface area (Å²) < 4.78 is 46.5. The van der Waals surface area contributed by atoms with Crippen molar-refractivity contribution in [2.45, 2.75) is 25.2 Å². The van der Waals surface area contributed by atoms with Gasteiger partial charge in [-0.3, -0.25) is 14.3 Å². The number of imidazole rings is 1. The quantitative estimate of drug-likeness (QED) is 0.595.